The first-order valence-electron chi connectivity index (χ1n) is 15.3. The normalized spacial score (nSPS) is 36.9. The Morgan fingerprint density at radius 2 is 1.14 bits per heavy atom. The number of allylic oxidation sites excluding steroid dienone is 1. The van der Waals surface area contributed by atoms with Gasteiger partial charge in [-0.3, -0.25) is 0 Å². The van der Waals surface area contributed by atoms with E-state index in [0.717, 1.165) is 53.9 Å². The van der Waals surface area contributed by atoms with Gasteiger partial charge in [0, 0.05) is 17.6 Å². The number of fused-ring (bicyclic) bond motifs is 4. The Morgan fingerprint density at radius 3 is 1.51 bits per heavy atom. The van der Waals surface area contributed by atoms with Gasteiger partial charge in [0.25, 0.3) is 0 Å². The molecule has 6 saturated carbocycles. The van der Waals surface area contributed by atoms with E-state index >= 15 is 0 Å². The van der Waals surface area contributed by atoms with Crippen molar-refractivity contribution >= 4 is 18.1 Å². The van der Waals surface area contributed by atoms with E-state index in [4.69, 9.17) is 0 Å². The molecular formula is C35H48BN. The summed E-state index contributed by atoms with van der Waals surface area (Å²) in [4.78, 5) is 2.38. The second-order valence-electron chi connectivity index (χ2n) is 14.6. The van der Waals surface area contributed by atoms with Crippen molar-refractivity contribution in [3.8, 4) is 0 Å². The fourth-order valence-electron chi connectivity index (χ4n) is 10.00. The first kappa shape index (κ1) is 25.3. The first-order valence-corrected chi connectivity index (χ1v) is 15.3. The van der Waals surface area contributed by atoms with Crippen molar-refractivity contribution in [3.05, 3.63) is 72.9 Å². The molecule has 8 rings (SSSR count). The zero-order chi connectivity index (χ0) is 25.9. The lowest BCUT2D eigenvalue weighted by Crippen LogP contribution is -2.59. The molecule has 0 radical (unpaired) electrons. The summed E-state index contributed by atoms with van der Waals surface area (Å²) < 4.78 is 0. The van der Waals surface area contributed by atoms with Crippen LogP contribution < -0.4 is 4.90 Å². The Labute approximate surface area is 227 Å². The highest BCUT2D eigenvalue weighted by Gasteiger charge is 2.62. The Morgan fingerprint density at radius 1 is 0.703 bits per heavy atom. The monoisotopic (exact) mass is 493 g/mol. The molecule has 1 nitrogen and oxygen atoms in total. The molecule has 6 aliphatic carbocycles. The Hall–Kier alpha value is -1.96. The highest BCUT2D eigenvalue weighted by molar-refractivity contribution is 6.62. The van der Waals surface area contributed by atoms with Gasteiger partial charge in [0.05, 0.1) is 0 Å². The lowest BCUT2D eigenvalue weighted by Gasteiger charge is -2.66. The van der Waals surface area contributed by atoms with Crippen molar-refractivity contribution in [1.29, 1.82) is 0 Å². The predicted octanol–water partition coefficient (Wildman–Crippen LogP) is 9.98. The quantitative estimate of drug-likeness (QED) is 0.347. The van der Waals surface area contributed by atoms with Crippen LogP contribution in [-0.4, -0.2) is 6.71 Å². The van der Waals surface area contributed by atoms with Crippen molar-refractivity contribution in [2.75, 3.05) is 4.90 Å². The van der Waals surface area contributed by atoms with Gasteiger partial charge in [-0.25, -0.2) is 0 Å². The van der Waals surface area contributed by atoms with E-state index < -0.39 is 0 Å². The van der Waals surface area contributed by atoms with Crippen molar-refractivity contribution < 1.29 is 0 Å². The van der Waals surface area contributed by atoms with Crippen LogP contribution in [0.2, 0.25) is 18.0 Å². The maximum Gasteiger partial charge on any atom is 0.150 e. The van der Waals surface area contributed by atoms with Crippen LogP contribution >= 0.6 is 0 Å². The topological polar surface area (TPSA) is 3.24 Å². The highest BCUT2D eigenvalue weighted by atomic mass is 15.1. The van der Waals surface area contributed by atoms with Crippen LogP contribution in [-0.2, 0) is 0 Å². The largest absolute Gasteiger partial charge is 0.318 e. The van der Waals surface area contributed by atoms with Gasteiger partial charge in [0.1, 0.15) is 0 Å². The maximum absolute atomic E-state index is 2.63. The van der Waals surface area contributed by atoms with E-state index in [-0.39, 0.29) is 0 Å². The van der Waals surface area contributed by atoms with E-state index in [0.29, 0.717) is 10.8 Å². The van der Waals surface area contributed by atoms with E-state index in [2.05, 4.69) is 119 Å². The maximum atomic E-state index is 2.63. The molecule has 0 heterocycles. The summed E-state index contributed by atoms with van der Waals surface area (Å²) in [6.45, 7) is 16.3. The average molecular weight is 494 g/mol. The molecule has 6 fully saturated rings. The van der Waals surface area contributed by atoms with Crippen LogP contribution in [0.25, 0.3) is 0 Å². The minimum atomic E-state index is 0.566. The zero-order valence-corrected chi connectivity index (χ0v) is 24.1. The van der Waals surface area contributed by atoms with E-state index in [1.165, 1.54) is 43.4 Å². The van der Waals surface area contributed by atoms with Crippen LogP contribution in [0.5, 0.6) is 0 Å². The number of anilines is 2. The number of hydrogen-bond acceptors (Lipinski definition) is 1. The van der Waals surface area contributed by atoms with Gasteiger partial charge in [-0.1, -0.05) is 115 Å². The fraction of sp³-hybridized carbons (Fsp3) is 0.600. The predicted molar refractivity (Wildman–Crippen MR) is 161 cm³/mol. The van der Waals surface area contributed by atoms with Crippen molar-refractivity contribution in [2.24, 2.45) is 46.3 Å². The van der Waals surface area contributed by atoms with Gasteiger partial charge in [0.2, 0.25) is 0 Å². The molecule has 0 aliphatic heterocycles. The molecule has 2 aromatic rings. The second-order valence-corrected chi connectivity index (χ2v) is 14.6. The third-order valence-electron chi connectivity index (χ3n) is 12.7. The third-order valence-corrected chi connectivity index (χ3v) is 12.7. The molecule has 0 saturated heterocycles. The molecule has 0 amide bonds. The number of para-hydroxylation sites is 2. The molecular weight excluding hydrogens is 445 g/mol. The summed E-state index contributed by atoms with van der Waals surface area (Å²) in [6.07, 6.45) is 12.1. The first-order chi connectivity index (χ1) is 17.7. The fourth-order valence-corrected chi connectivity index (χ4v) is 10.00. The molecule has 4 bridgehead atoms. The Balaban J connectivity index is 1.28. The van der Waals surface area contributed by atoms with Crippen LogP contribution in [0.3, 0.4) is 0 Å². The number of benzene rings is 2. The highest BCUT2D eigenvalue weighted by Crippen LogP contribution is 2.69. The molecule has 0 spiro atoms. The minimum absolute atomic E-state index is 0.566. The van der Waals surface area contributed by atoms with Crippen LogP contribution in [0.15, 0.2) is 72.9 Å². The average Bonchev–Trinajstić information content (AvgIpc) is 2.90. The van der Waals surface area contributed by atoms with E-state index in [9.17, 15) is 0 Å². The Kier molecular flexibility index (Phi) is 6.40. The summed E-state index contributed by atoms with van der Waals surface area (Å²) in [7, 11) is 0. The molecule has 0 aromatic heterocycles. The summed E-state index contributed by atoms with van der Waals surface area (Å²) >= 11 is 0. The van der Waals surface area contributed by atoms with Gasteiger partial charge in [-0.2, -0.15) is 0 Å². The lowest BCUT2D eigenvalue weighted by molar-refractivity contribution is -0.107. The van der Waals surface area contributed by atoms with Crippen molar-refractivity contribution in [1.82, 2.24) is 0 Å². The van der Waals surface area contributed by atoms with Crippen LogP contribution in [0.4, 0.5) is 11.4 Å². The van der Waals surface area contributed by atoms with Gasteiger partial charge in [-0.05, 0) is 83.4 Å². The zero-order valence-electron chi connectivity index (χ0n) is 24.1. The molecule has 0 N–H and O–H groups in total. The smallest absolute Gasteiger partial charge is 0.150 e. The lowest BCUT2D eigenvalue weighted by atomic mass is 9.20. The van der Waals surface area contributed by atoms with Crippen molar-refractivity contribution in [3.63, 3.8) is 0 Å². The van der Waals surface area contributed by atoms with E-state index in [1.54, 1.807) is 0 Å². The molecule has 2 heteroatoms. The molecule has 8 atom stereocenters. The minimum Gasteiger partial charge on any atom is -0.318 e. The molecule has 37 heavy (non-hydrogen) atoms. The van der Waals surface area contributed by atoms with Crippen molar-refractivity contribution in [2.45, 2.75) is 85.2 Å². The summed E-state index contributed by atoms with van der Waals surface area (Å²) in [5.41, 5.74) is 3.61. The number of nitrogens with zero attached hydrogens (tertiary/aromatic N) is 1. The summed E-state index contributed by atoms with van der Waals surface area (Å²) in [6, 6.07) is 21.7. The molecule has 2 aromatic carbocycles. The standard InChI is InChI=1S/C35H48BN/c1-24-30-20-26(34(30,3)4)22-32(24)36(33-23-27-21-31(25(33)2)35(27,5)6)18-13-19-37(28-14-9-7-10-15-28)29-16-11-8-12-17-29/h7-17,19,24-27,30-33H,18,20-23H2,1-6H3/b19-13+/t24-,25-,26+,27+,30-,31-,32-,33-/m0/s1. The third kappa shape index (κ3) is 4.13. The Bertz CT molecular complexity index is 1020. The molecule has 6 aliphatic rings. The summed E-state index contributed by atoms with van der Waals surface area (Å²) in [5, 5.41) is 0. The number of hydrogen-bond donors (Lipinski definition) is 0. The number of rotatable bonds is 7. The summed E-state index contributed by atoms with van der Waals surface area (Å²) in [5.74, 6) is 7.23. The van der Waals surface area contributed by atoms with Gasteiger partial charge >= 0.3 is 0 Å². The van der Waals surface area contributed by atoms with Gasteiger partial charge in [0.15, 0.2) is 6.71 Å². The van der Waals surface area contributed by atoms with E-state index in [1.807, 2.05) is 0 Å². The van der Waals surface area contributed by atoms with Gasteiger partial charge in [-0.15, -0.1) is 0 Å². The van der Waals surface area contributed by atoms with Crippen LogP contribution in [0, 0.1) is 46.3 Å². The SMILES string of the molecule is C[C@@H]1[C@@H](B(C/C=C/N(c2ccccc2)c2ccccc2)[C@H]2C[C@H]3C[C@@H]([C@@H]2C)C3(C)C)C[C@H]2C[C@@H]1C2(C)C. The second kappa shape index (κ2) is 9.35. The van der Waals surface area contributed by atoms with Crippen LogP contribution in [0.1, 0.15) is 67.2 Å². The van der Waals surface area contributed by atoms with Gasteiger partial charge < -0.3 is 4.90 Å². The molecule has 196 valence electrons. The molecule has 0 unspecified atom stereocenters.